The lowest BCUT2D eigenvalue weighted by Gasteiger charge is -2.14. The third-order valence-electron chi connectivity index (χ3n) is 3.56. The average Bonchev–Trinajstić information content (AvgIpc) is 3.11. The fraction of sp³-hybridized carbons (Fsp3) is 0.429. The molecule has 2 aromatic heterocycles. The van der Waals surface area contributed by atoms with Gasteiger partial charge in [0, 0.05) is 30.1 Å². The van der Waals surface area contributed by atoms with Crippen molar-refractivity contribution >= 4 is 17.2 Å². The molecule has 3 rings (SSSR count). The zero-order chi connectivity index (χ0) is 14.1. The van der Waals surface area contributed by atoms with E-state index in [0.29, 0.717) is 18.2 Å². The van der Waals surface area contributed by atoms with Crippen molar-refractivity contribution in [3.05, 3.63) is 28.3 Å². The summed E-state index contributed by atoms with van der Waals surface area (Å²) in [6.07, 6.45) is 1.16. The van der Waals surface area contributed by atoms with Crippen LogP contribution in [0, 0.1) is 6.92 Å². The van der Waals surface area contributed by atoms with Gasteiger partial charge in [0.05, 0.1) is 12.1 Å². The van der Waals surface area contributed by atoms with Crippen molar-refractivity contribution in [2.24, 2.45) is 5.73 Å². The van der Waals surface area contributed by atoms with Gasteiger partial charge in [0.2, 0.25) is 11.8 Å². The summed E-state index contributed by atoms with van der Waals surface area (Å²) >= 11 is 1.60. The molecule has 1 fully saturated rings. The summed E-state index contributed by atoms with van der Waals surface area (Å²) in [5.74, 6) is 1.37. The lowest BCUT2D eigenvalue weighted by atomic mass is 10.2. The van der Waals surface area contributed by atoms with E-state index in [4.69, 9.17) is 10.2 Å². The molecule has 0 unspecified atom stereocenters. The zero-order valence-electron chi connectivity index (χ0n) is 11.3. The highest BCUT2D eigenvalue weighted by atomic mass is 32.1. The fourth-order valence-corrected chi connectivity index (χ4v) is 3.00. The molecule has 3 heterocycles. The van der Waals surface area contributed by atoms with Crippen LogP contribution in [0.25, 0.3) is 11.5 Å². The predicted octanol–water partition coefficient (Wildman–Crippen LogP) is 1.81. The average molecular weight is 291 g/mol. The molecule has 20 heavy (non-hydrogen) atoms. The van der Waals surface area contributed by atoms with Crippen LogP contribution >= 0.6 is 11.3 Å². The number of nitrogens with two attached hydrogens (primary N) is 1. The minimum absolute atomic E-state index is 0.0752. The molecule has 0 aromatic carbocycles. The van der Waals surface area contributed by atoms with Crippen molar-refractivity contribution in [1.82, 2.24) is 9.88 Å². The summed E-state index contributed by atoms with van der Waals surface area (Å²) < 4.78 is 5.64. The zero-order valence-corrected chi connectivity index (χ0v) is 12.2. The summed E-state index contributed by atoms with van der Waals surface area (Å²) in [6, 6.07) is 2.07. The van der Waals surface area contributed by atoms with E-state index in [0.717, 1.165) is 24.2 Å². The number of thiophene rings is 1. The molecule has 0 spiro atoms. The fourth-order valence-electron chi connectivity index (χ4n) is 2.37. The number of oxazole rings is 1. The molecule has 0 bridgehead atoms. The molecule has 1 aliphatic rings. The van der Waals surface area contributed by atoms with Crippen LogP contribution in [0.3, 0.4) is 0 Å². The van der Waals surface area contributed by atoms with Gasteiger partial charge in [0.1, 0.15) is 5.76 Å². The van der Waals surface area contributed by atoms with Crippen LogP contribution in [0.1, 0.15) is 17.9 Å². The number of likely N-dealkylation sites (tertiary alicyclic amines) is 1. The van der Waals surface area contributed by atoms with Gasteiger partial charge in [-0.1, -0.05) is 0 Å². The molecule has 2 aromatic rings. The van der Waals surface area contributed by atoms with Gasteiger partial charge < -0.3 is 15.1 Å². The maximum atomic E-state index is 12.2. The summed E-state index contributed by atoms with van der Waals surface area (Å²) in [4.78, 5) is 18.5. The van der Waals surface area contributed by atoms with Crippen LogP contribution in [0.15, 0.2) is 21.2 Å². The quantitative estimate of drug-likeness (QED) is 0.936. The number of amides is 1. The Morgan fingerprint density at radius 3 is 3.15 bits per heavy atom. The topological polar surface area (TPSA) is 72.4 Å². The predicted molar refractivity (Wildman–Crippen MR) is 77.4 cm³/mol. The number of carbonyl (C=O) groups is 1. The van der Waals surface area contributed by atoms with Crippen LogP contribution < -0.4 is 5.73 Å². The Morgan fingerprint density at radius 2 is 2.50 bits per heavy atom. The van der Waals surface area contributed by atoms with Gasteiger partial charge in [-0.2, -0.15) is 11.3 Å². The number of nitrogens with zero attached hydrogens (tertiary/aromatic N) is 2. The molecular formula is C14H17N3O2S. The molecule has 1 amide bonds. The molecule has 6 heteroatoms. The first kappa shape index (κ1) is 13.3. The first-order chi connectivity index (χ1) is 9.63. The highest BCUT2D eigenvalue weighted by Crippen LogP contribution is 2.24. The van der Waals surface area contributed by atoms with E-state index >= 15 is 0 Å². The van der Waals surface area contributed by atoms with Gasteiger partial charge >= 0.3 is 0 Å². The van der Waals surface area contributed by atoms with Crippen molar-refractivity contribution in [3.8, 4) is 11.5 Å². The van der Waals surface area contributed by atoms with Gasteiger partial charge in [-0.3, -0.25) is 4.79 Å². The highest BCUT2D eigenvalue weighted by Gasteiger charge is 2.25. The second-order valence-corrected chi connectivity index (χ2v) is 5.88. The molecule has 1 saturated heterocycles. The van der Waals surface area contributed by atoms with Crippen LogP contribution in [-0.4, -0.2) is 34.9 Å². The summed E-state index contributed by atoms with van der Waals surface area (Å²) in [6.45, 7) is 3.24. The molecule has 0 saturated carbocycles. The number of hydrogen-bond acceptors (Lipinski definition) is 5. The van der Waals surface area contributed by atoms with E-state index in [-0.39, 0.29) is 18.4 Å². The minimum Gasteiger partial charge on any atom is -0.441 e. The highest BCUT2D eigenvalue weighted by molar-refractivity contribution is 7.08. The number of aromatic nitrogens is 1. The Balaban J connectivity index is 1.73. The second-order valence-electron chi connectivity index (χ2n) is 5.10. The van der Waals surface area contributed by atoms with Crippen LogP contribution in [0.2, 0.25) is 0 Å². The van der Waals surface area contributed by atoms with E-state index in [1.54, 1.807) is 11.3 Å². The van der Waals surface area contributed by atoms with E-state index in [9.17, 15) is 4.79 Å². The van der Waals surface area contributed by atoms with Crippen LogP contribution in [0.4, 0.5) is 0 Å². The SMILES string of the molecule is Cc1oc(-c2ccsc2)nc1CC(=O)N1CC[C@@H](N)C1. The molecule has 5 nitrogen and oxygen atoms in total. The summed E-state index contributed by atoms with van der Waals surface area (Å²) in [7, 11) is 0. The van der Waals surface area contributed by atoms with Crippen molar-refractivity contribution in [1.29, 1.82) is 0 Å². The second kappa shape index (κ2) is 5.38. The van der Waals surface area contributed by atoms with Gasteiger partial charge in [-0.05, 0) is 24.8 Å². The Morgan fingerprint density at radius 1 is 1.65 bits per heavy atom. The normalized spacial score (nSPS) is 18.7. The maximum absolute atomic E-state index is 12.2. The number of aryl methyl sites for hydroxylation is 1. The van der Waals surface area contributed by atoms with Crippen LogP contribution in [-0.2, 0) is 11.2 Å². The van der Waals surface area contributed by atoms with Crippen molar-refractivity contribution in [2.45, 2.75) is 25.8 Å². The molecule has 2 N–H and O–H groups in total. The molecule has 106 valence electrons. The minimum atomic E-state index is 0.0752. The van der Waals surface area contributed by atoms with Gasteiger partial charge in [-0.25, -0.2) is 4.98 Å². The third kappa shape index (κ3) is 2.62. The maximum Gasteiger partial charge on any atom is 0.228 e. The third-order valence-corrected chi connectivity index (χ3v) is 4.24. The Hall–Kier alpha value is -1.66. The molecule has 0 radical (unpaired) electrons. The lowest BCUT2D eigenvalue weighted by molar-refractivity contribution is -0.129. The Kier molecular flexibility index (Phi) is 3.58. The van der Waals surface area contributed by atoms with Crippen LogP contribution in [0.5, 0.6) is 0 Å². The van der Waals surface area contributed by atoms with E-state index in [1.165, 1.54) is 0 Å². The molecule has 1 atom stereocenters. The lowest BCUT2D eigenvalue weighted by Crippen LogP contribution is -2.33. The largest absolute Gasteiger partial charge is 0.441 e. The number of hydrogen-bond donors (Lipinski definition) is 1. The van der Waals surface area contributed by atoms with E-state index < -0.39 is 0 Å². The van der Waals surface area contributed by atoms with Gasteiger partial charge in [-0.15, -0.1) is 0 Å². The number of carbonyl (C=O) groups excluding carboxylic acids is 1. The molecule has 1 aliphatic heterocycles. The monoisotopic (exact) mass is 291 g/mol. The first-order valence-electron chi connectivity index (χ1n) is 6.65. The van der Waals surface area contributed by atoms with Crippen molar-refractivity contribution in [3.63, 3.8) is 0 Å². The summed E-state index contributed by atoms with van der Waals surface area (Å²) in [5.41, 5.74) is 7.51. The van der Waals surface area contributed by atoms with E-state index in [1.807, 2.05) is 28.7 Å². The standard InChI is InChI=1S/C14H17N3O2S/c1-9-12(6-13(18)17-4-2-11(15)7-17)16-14(19-9)10-3-5-20-8-10/h3,5,8,11H,2,4,6-7,15H2,1H3/t11-/m1/s1. The molecular weight excluding hydrogens is 274 g/mol. The van der Waals surface area contributed by atoms with Gasteiger partial charge in [0.15, 0.2) is 0 Å². The smallest absolute Gasteiger partial charge is 0.228 e. The van der Waals surface area contributed by atoms with Crippen molar-refractivity contribution < 1.29 is 9.21 Å². The summed E-state index contributed by atoms with van der Waals surface area (Å²) in [5, 5.41) is 3.96. The molecule has 0 aliphatic carbocycles. The first-order valence-corrected chi connectivity index (χ1v) is 7.60. The van der Waals surface area contributed by atoms with Gasteiger partial charge in [0.25, 0.3) is 0 Å². The van der Waals surface area contributed by atoms with Crippen molar-refractivity contribution in [2.75, 3.05) is 13.1 Å². The number of rotatable bonds is 3. The Labute approximate surface area is 121 Å². The van der Waals surface area contributed by atoms with E-state index in [2.05, 4.69) is 4.98 Å². The Bertz CT molecular complexity index is 606.